The van der Waals surface area contributed by atoms with E-state index < -0.39 is 0 Å². The van der Waals surface area contributed by atoms with Gasteiger partial charge in [0.15, 0.2) is 5.58 Å². The first-order valence-corrected chi connectivity index (χ1v) is 12.0. The predicted molar refractivity (Wildman–Crippen MR) is 144 cm³/mol. The van der Waals surface area contributed by atoms with E-state index in [9.17, 15) is 0 Å². The fourth-order valence-corrected chi connectivity index (χ4v) is 5.52. The first-order chi connectivity index (χ1) is 17.1. The molecule has 0 N–H and O–H groups in total. The molecule has 1 aliphatic rings. The van der Waals surface area contributed by atoms with Gasteiger partial charge in [0.25, 0.3) is 0 Å². The number of oxazole rings is 1. The average molecular weight is 453 g/mol. The monoisotopic (exact) mass is 452 g/mol. The van der Waals surface area contributed by atoms with Gasteiger partial charge >= 0.3 is 6.01 Å². The number of para-hydroxylation sites is 1. The van der Waals surface area contributed by atoms with E-state index in [0.717, 1.165) is 33.2 Å². The quantitative estimate of drug-likeness (QED) is 0.269. The molecule has 0 atom stereocenters. The van der Waals surface area contributed by atoms with Crippen molar-refractivity contribution in [1.82, 2.24) is 4.98 Å². The number of hydrogen-bond acceptors (Lipinski definition) is 3. The third kappa shape index (κ3) is 2.95. The molecular weight excluding hydrogens is 428 g/mol. The van der Waals surface area contributed by atoms with Crippen molar-refractivity contribution >= 4 is 39.3 Å². The lowest BCUT2D eigenvalue weighted by atomic mass is 9.82. The zero-order valence-electron chi connectivity index (χ0n) is 19.7. The van der Waals surface area contributed by atoms with Crippen LogP contribution in [0.5, 0.6) is 0 Å². The van der Waals surface area contributed by atoms with Crippen molar-refractivity contribution in [3.05, 3.63) is 120 Å². The van der Waals surface area contributed by atoms with Gasteiger partial charge in [-0.3, -0.25) is 4.90 Å². The maximum Gasteiger partial charge on any atom is 0.307 e. The number of fused-ring (bicyclic) bond motifs is 6. The third-order valence-corrected chi connectivity index (χ3v) is 7.30. The van der Waals surface area contributed by atoms with Crippen LogP contribution in [0.4, 0.5) is 17.4 Å². The van der Waals surface area contributed by atoms with Crippen molar-refractivity contribution in [2.24, 2.45) is 0 Å². The fourth-order valence-electron chi connectivity index (χ4n) is 5.52. The Morgan fingerprint density at radius 1 is 0.657 bits per heavy atom. The highest BCUT2D eigenvalue weighted by molar-refractivity contribution is 6.04. The minimum Gasteiger partial charge on any atom is -0.423 e. The van der Waals surface area contributed by atoms with Crippen LogP contribution >= 0.6 is 0 Å². The Bertz CT molecular complexity index is 1730. The van der Waals surface area contributed by atoms with Gasteiger partial charge in [-0.2, -0.15) is 4.98 Å². The Kier molecular flexibility index (Phi) is 4.19. The molecule has 5 aromatic carbocycles. The first-order valence-electron chi connectivity index (χ1n) is 12.0. The third-order valence-electron chi connectivity index (χ3n) is 7.30. The first kappa shape index (κ1) is 20.0. The Morgan fingerprint density at radius 2 is 1.40 bits per heavy atom. The normalized spacial score (nSPS) is 13.7. The number of aromatic nitrogens is 1. The topological polar surface area (TPSA) is 29.3 Å². The Labute approximate surface area is 204 Å². The lowest BCUT2D eigenvalue weighted by Crippen LogP contribution is -2.16. The molecule has 0 fully saturated rings. The van der Waals surface area contributed by atoms with Gasteiger partial charge in [0, 0.05) is 10.8 Å². The van der Waals surface area contributed by atoms with E-state index in [1.807, 2.05) is 30.3 Å². The van der Waals surface area contributed by atoms with Crippen LogP contribution in [0.15, 0.2) is 114 Å². The maximum absolute atomic E-state index is 6.40. The minimum atomic E-state index is -0.0815. The standard InChI is InChI=1S/C32H24N2O/c1-32(2)27-15-9-8-14-25(27)26-18-17-23(20-28(26)32)34(22-11-4-3-5-12-22)31-33-30-24-13-7-6-10-21(24)16-19-29(30)35-31/h3-20H,1-2H3. The summed E-state index contributed by atoms with van der Waals surface area (Å²) in [5, 5.41) is 2.25. The summed E-state index contributed by atoms with van der Waals surface area (Å²) in [5.41, 5.74) is 8.93. The smallest absolute Gasteiger partial charge is 0.307 e. The van der Waals surface area contributed by atoms with Crippen LogP contribution in [0.3, 0.4) is 0 Å². The van der Waals surface area contributed by atoms with E-state index >= 15 is 0 Å². The molecule has 3 heteroatoms. The molecule has 168 valence electrons. The molecule has 1 aliphatic carbocycles. The molecule has 0 amide bonds. The van der Waals surface area contributed by atoms with Gasteiger partial charge in [-0.05, 0) is 58.0 Å². The van der Waals surface area contributed by atoms with Crippen LogP contribution in [0.1, 0.15) is 25.0 Å². The second-order valence-corrected chi connectivity index (χ2v) is 9.70. The maximum atomic E-state index is 6.40. The highest BCUT2D eigenvalue weighted by Gasteiger charge is 2.36. The second kappa shape index (κ2) is 7.31. The van der Waals surface area contributed by atoms with Gasteiger partial charge in [0.1, 0.15) is 5.52 Å². The van der Waals surface area contributed by atoms with Gasteiger partial charge in [-0.25, -0.2) is 0 Å². The van der Waals surface area contributed by atoms with Gasteiger partial charge in [0.05, 0.1) is 11.4 Å². The van der Waals surface area contributed by atoms with Gasteiger partial charge in [0.2, 0.25) is 0 Å². The van der Waals surface area contributed by atoms with E-state index in [1.54, 1.807) is 0 Å². The fraction of sp³-hybridized carbons (Fsp3) is 0.0938. The number of nitrogens with zero attached hydrogens (tertiary/aromatic N) is 2. The molecule has 0 saturated carbocycles. The molecule has 0 radical (unpaired) electrons. The number of anilines is 3. The summed E-state index contributed by atoms with van der Waals surface area (Å²) < 4.78 is 6.40. The van der Waals surface area contributed by atoms with Gasteiger partial charge < -0.3 is 4.42 Å². The largest absolute Gasteiger partial charge is 0.423 e. The molecule has 1 aromatic heterocycles. The molecule has 0 unspecified atom stereocenters. The van der Waals surface area contributed by atoms with Crippen LogP contribution in [0, 0.1) is 0 Å². The minimum absolute atomic E-state index is 0.0815. The van der Waals surface area contributed by atoms with Crippen molar-refractivity contribution in [3.8, 4) is 11.1 Å². The molecule has 0 aliphatic heterocycles. The van der Waals surface area contributed by atoms with Gasteiger partial charge in [-0.15, -0.1) is 0 Å². The van der Waals surface area contributed by atoms with Crippen molar-refractivity contribution in [1.29, 1.82) is 0 Å². The zero-order valence-corrected chi connectivity index (χ0v) is 19.7. The number of hydrogen-bond donors (Lipinski definition) is 0. The number of benzene rings is 5. The van der Waals surface area contributed by atoms with E-state index in [-0.39, 0.29) is 5.41 Å². The summed E-state index contributed by atoms with van der Waals surface area (Å²) in [6.07, 6.45) is 0. The highest BCUT2D eigenvalue weighted by Crippen LogP contribution is 2.50. The molecule has 35 heavy (non-hydrogen) atoms. The summed E-state index contributed by atoms with van der Waals surface area (Å²) in [4.78, 5) is 7.14. The lowest BCUT2D eigenvalue weighted by Gasteiger charge is -2.25. The van der Waals surface area contributed by atoms with E-state index in [0.29, 0.717) is 6.01 Å². The molecule has 0 saturated heterocycles. The summed E-state index contributed by atoms with van der Waals surface area (Å²) >= 11 is 0. The molecule has 3 nitrogen and oxygen atoms in total. The predicted octanol–water partition coefficient (Wildman–Crippen LogP) is 8.76. The Balaban J connectivity index is 1.45. The summed E-state index contributed by atoms with van der Waals surface area (Å²) in [7, 11) is 0. The average Bonchev–Trinajstić information content (AvgIpc) is 3.42. The number of rotatable bonds is 3. The molecule has 0 spiro atoms. The zero-order chi connectivity index (χ0) is 23.6. The van der Waals surface area contributed by atoms with E-state index in [2.05, 4.69) is 97.6 Å². The molecule has 7 rings (SSSR count). The van der Waals surface area contributed by atoms with Crippen LogP contribution in [-0.4, -0.2) is 4.98 Å². The van der Waals surface area contributed by atoms with Crippen LogP contribution in [-0.2, 0) is 5.41 Å². The summed E-state index contributed by atoms with van der Waals surface area (Å²) in [6, 6.07) is 38.8. The molecule has 6 aromatic rings. The van der Waals surface area contributed by atoms with Crippen molar-refractivity contribution in [2.75, 3.05) is 4.90 Å². The van der Waals surface area contributed by atoms with Gasteiger partial charge in [-0.1, -0.05) is 92.7 Å². The molecule has 1 heterocycles. The Morgan fingerprint density at radius 3 is 2.29 bits per heavy atom. The van der Waals surface area contributed by atoms with Crippen molar-refractivity contribution in [3.63, 3.8) is 0 Å². The van der Waals surface area contributed by atoms with Crippen LogP contribution in [0.25, 0.3) is 33.0 Å². The van der Waals surface area contributed by atoms with E-state index in [1.165, 1.54) is 22.3 Å². The second-order valence-electron chi connectivity index (χ2n) is 9.70. The van der Waals surface area contributed by atoms with Crippen LogP contribution in [0.2, 0.25) is 0 Å². The summed E-state index contributed by atoms with van der Waals surface area (Å²) in [5.74, 6) is 0. The SMILES string of the molecule is CC1(C)c2ccccc2-c2ccc(N(c3ccccc3)c3nc4c(ccc5ccccc54)o3)cc21. The summed E-state index contributed by atoms with van der Waals surface area (Å²) in [6.45, 7) is 4.61. The van der Waals surface area contributed by atoms with Crippen molar-refractivity contribution in [2.45, 2.75) is 19.3 Å². The Hall–Kier alpha value is -4.37. The highest BCUT2D eigenvalue weighted by atomic mass is 16.4. The lowest BCUT2D eigenvalue weighted by molar-refractivity contribution is 0.608. The van der Waals surface area contributed by atoms with Crippen molar-refractivity contribution < 1.29 is 4.42 Å². The molecule has 0 bridgehead atoms. The van der Waals surface area contributed by atoms with E-state index in [4.69, 9.17) is 9.40 Å². The van der Waals surface area contributed by atoms with Crippen LogP contribution < -0.4 is 4.90 Å². The molecular formula is C32H24N2O.